The number of para-hydroxylation sites is 1. The molecule has 1 aromatic heterocycles. The molecule has 1 saturated heterocycles. The SMILES string of the molecule is NC(=O)C1CC(CCCl)CCN1C(=O)[CH]Cc1nc2ccccc2s1. The number of carbonyl (C=O) groups excluding carboxylic acids is 2. The highest BCUT2D eigenvalue weighted by Crippen LogP contribution is 2.27. The van der Waals surface area contributed by atoms with Gasteiger partial charge >= 0.3 is 0 Å². The summed E-state index contributed by atoms with van der Waals surface area (Å²) >= 11 is 7.38. The zero-order chi connectivity index (χ0) is 17.8. The minimum atomic E-state index is -0.541. The van der Waals surface area contributed by atoms with Gasteiger partial charge in [-0.15, -0.1) is 22.9 Å². The number of likely N-dealkylation sites (tertiary alicyclic amines) is 1. The molecule has 2 amide bonds. The molecular formula is C18H21ClN3O2S. The number of rotatable bonds is 6. The molecule has 1 aliphatic rings. The van der Waals surface area contributed by atoms with Crippen molar-refractivity contribution >= 4 is 45.0 Å². The van der Waals surface area contributed by atoms with E-state index >= 15 is 0 Å². The first-order chi connectivity index (χ1) is 12.1. The summed E-state index contributed by atoms with van der Waals surface area (Å²) in [5, 5.41) is 0.891. The van der Waals surface area contributed by atoms with E-state index in [2.05, 4.69) is 4.98 Å². The summed E-state index contributed by atoms with van der Waals surface area (Å²) in [4.78, 5) is 30.5. The third-order valence-corrected chi connectivity index (χ3v) is 5.91. The molecule has 0 saturated carbocycles. The van der Waals surface area contributed by atoms with Crippen LogP contribution in [0.1, 0.15) is 24.3 Å². The first-order valence-corrected chi connectivity index (χ1v) is 9.77. The second-order valence-electron chi connectivity index (χ2n) is 6.30. The van der Waals surface area contributed by atoms with E-state index in [1.807, 2.05) is 24.3 Å². The molecule has 25 heavy (non-hydrogen) atoms. The van der Waals surface area contributed by atoms with Gasteiger partial charge in [0, 0.05) is 18.8 Å². The quantitative estimate of drug-likeness (QED) is 0.785. The molecule has 1 aliphatic heterocycles. The van der Waals surface area contributed by atoms with Crippen LogP contribution in [0.4, 0.5) is 0 Å². The van der Waals surface area contributed by atoms with Gasteiger partial charge in [-0.25, -0.2) is 4.98 Å². The Kier molecular flexibility index (Phi) is 5.91. The van der Waals surface area contributed by atoms with Gasteiger partial charge in [-0.2, -0.15) is 0 Å². The zero-order valence-electron chi connectivity index (χ0n) is 13.9. The van der Waals surface area contributed by atoms with Crippen molar-refractivity contribution in [3.8, 4) is 0 Å². The molecule has 2 unspecified atom stereocenters. The van der Waals surface area contributed by atoms with Crippen molar-refractivity contribution in [2.24, 2.45) is 11.7 Å². The monoisotopic (exact) mass is 378 g/mol. The van der Waals surface area contributed by atoms with Crippen molar-refractivity contribution in [1.29, 1.82) is 0 Å². The number of carbonyl (C=O) groups is 2. The number of hydrogen-bond acceptors (Lipinski definition) is 4. The van der Waals surface area contributed by atoms with E-state index in [4.69, 9.17) is 17.3 Å². The maximum atomic E-state index is 12.6. The van der Waals surface area contributed by atoms with Gasteiger partial charge in [0.15, 0.2) is 0 Å². The molecule has 0 bridgehead atoms. The molecule has 1 aromatic carbocycles. The second kappa shape index (κ2) is 8.15. The van der Waals surface area contributed by atoms with Crippen molar-refractivity contribution in [2.45, 2.75) is 31.7 Å². The predicted octanol–water partition coefficient (Wildman–Crippen LogP) is 2.76. The summed E-state index contributed by atoms with van der Waals surface area (Å²) in [6, 6.07) is 7.36. The Morgan fingerprint density at radius 3 is 2.92 bits per heavy atom. The Balaban J connectivity index is 1.62. The average Bonchev–Trinajstić information content (AvgIpc) is 3.03. The van der Waals surface area contributed by atoms with Crippen LogP contribution >= 0.6 is 22.9 Å². The first kappa shape index (κ1) is 18.1. The average molecular weight is 379 g/mol. The molecule has 3 rings (SSSR count). The van der Waals surface area contributed by atoms with Crippen LogP contribution in [-0.4, -0.2) is 40.2 Å². The highest BCUT2D eigenvalue weighted by atomic mass is 35.5. The predicted molar refractivity (Wildman–Crippen MR) is 100 cm³/mol. The lowest BCUT2D eigenvalue weighted by Crippen LogP contribution is -2.52. The van der Waals surface area contributed by atoms with Crippen LogP contribution in [0.25, 0.3) is 10.2 Å². The van der Waals surface area contributed by atoms with E-state index in [1.54, 1.807) is 22.7 Å². The molecule has 5 nitrogen and oxygen atoms in total. The molecule has 133 valence electrons. The fourth-order valence-electron chi connectivity index (χ4n) is 3.29. The number of halogens is 1. The van der Waals surface area contributed by atoms with Crippen molar-refractivity contribution in [3.05, 3.63) is 35.7 Å². The minimum Gasteiger partial charge on any atom is -0.368 e. The molecule has 0 aliphatic carbocycles. The Morgan fingerprint density at radius 2 is 2.20 bits per heavy atom. The Hall–Kier alpha value is -1.66. The Labute approximate surface area is 156 Å². The molecule has 7 heteroatoms. The number of fused-ring (bicyclic) bond motifs is 1. The van der Waals surface area contributed by atoms with Crippen molar-refractivity contribution in [3.63, 3.8) is 0 Å². The first-order valence-electron chi connectivity index (χ1n) is 8.42. The molecular weight excluding hydrogens is 358 g/mol. The molecule has 2 aromatic rings. The van der Waals surface area contributed by atoms with Crippen LogP contribution in [0.2, 0.25) is 0 Å². The number of piperidine rings is 1. The van der Waals surface area contributed by atoms with E-state index in [-0.39, 0.29) is 5.91 Å². The van der Waals surface area contributed by atoms with Crippen LogP contribution in [0.3, 0.4) is 0 Å². The van der Waals surface area contributed by atoms with Gasteiger partial charge < -0.3 is 10.6 Å². The van der Waals surface area contributed by atoms with Crippen LogP contribution in [0.15, 0.2) is 24.3 Å². The van der Waals surface area contributed by atoms with Crippen molar-refractivity contribution in [2.75, 3.05) is 12.4 Å². The van der Waals surface area contributed by atoms with E-state index in [1.165, 1.54) is 0 Å². The number of thiazole rings is 1. The van der Waals surface area contributed by atoms with E-state index in [0.29, 0.717) is 31.2 Å². The summed E-state index contributed by atoms with van der Waals surface area (Å²) in [6.45, 7) is 0.546. The van der Waals surface area contributed by atoms with Crippen molar-refractivity contribution < 1.29 is 9.59 Å². The molecule has 0 spiro atoms. The van der Waals surface area contributed by atoms with E-state index in [0.717, 1.165) is 28.1 Å². The number of nitrogens with two attached hydrogens (primary N) is 1. The fourth-order valence-corrected chi connectivity index (χ4v) is 4.53. The van der Waals surface area contributed by atoms with Crippen LogP contribution in [0, 0.1) is 12.3 Å². The number of aromatic nitrogens is 1. The summed E-state index contributed by atoms with van der Waals surface area (Å²) in [5.41, 5.74) is 6.47. The second-order valence-corrected chi connectivity index (χ2v) is 7.79. The molecule has 2 heterocycles. The van der Waals surface area contributed by atoms with Gasteiger partial charge in [-0.05, 0) is 37.3 Å². The number of hydrogen-bond donors (Lipinski definition) is 1. The van der Waals surface area contributed by atoms with Gasteiger partial charge in [0.25, 0.3) is 0 Å². The van der Waals surface area contributed by atoms with Crippen LogP contribution in [-0.2, 0) is 16.0 Å². The molecule has 2 atom stereocenters. The lowest BCUT2D eigenvalue weighted by molar-refractivity contribution is -0.139. The summed E-state index contributed by atoms with van der Waals surface area (Å²) in [6.07, 6.45) is 4.38. The van der Waals surface area contributed by atoms with Gasteiger partial charge in [-0.3, -0.25) is 9.59 Å². The number of primary amides is 1. The number of benzene rings is 1. The van der Waals surface area contributed by atoms with E-state index in [9.17, 15) is 9.59 Å². The molecule has 1 fully saturated rings. The maximum absolute atomic E-state index is 12.6. The number of amides is 2. The number of nitrogens with zero attached hydrogens (tertiary/aromatic N) is 2. The molecule has 1 radical (unpaired) electrons. The van der Waals surface area contributed by atoms with Crippen LogP contribution in [0.5, 0.6) is 0 Å². The highest BCUT2D eigenvalue weighted by molar-refractivity contribution is 7.18. The van der Waals surface area contributed by atoms with Crippen LogP contribution < -0.4 is 5.73 Å². The van der Waals surface area contributed by atoms with Gasteiger partial charge in [0.1, 0.15) is 6.04 Å². The lowest BCUT2D eigenvalue weighted by atomic mass is 9.88. The number of alkyl halides is 1. The molecule has 2 N–H and O–H groups in total. The Bertz CT molecular complexity index is 731. The Morgan fingerprint density at radius 1 is 1.40 bits per heavy atom. The summed E-state index contributed by atoms with van der Waals surface area (Å²) < 4.78 is 1.11. The van der Waals surface area contributed by atoms with Crippen molar-refractivity contribution in [1.82, 2.24) is 9.88 Å². The zero-order valence-corrected chi connectivity index (χ0v) is 15.4. The summed E-state index contributed by atoms with van der Waals surface area (Å²) in [7, 11) is 0. The standard InChI is InChI=1S/C18H21ClN3O2S/c19-9-7-12-8-10-22(14(11-12)18(20)24)17(23)6-5-16-21-13-3-1-2-4-15(13)25-16/h1-4,6,12,14H,5,7-11H2,(H2,20,24). The topological polar surface area (TPSA) is 76.3 Å². The smallest absolute Gasteiger partial charge is 0.240 e. The minimum absolute atomic E-state index is 0.146. The normalized spacial score (nSPS) is 20.8. The summed E-state index contributed by atoms with van der Waals surface area (Å²) in [5.74, 6) is 0.324. The largest absolute Gasteiger partial charge is 0.368 e. The third-order valence-electron chi connectivity index (χ3n) is 4.63. The van der Waals surface area contributed by atoms with Gasteiger partial charge in [0.05, 0.1) is 21.6 Å². The fraction of sp³-hybridized carbons (Fsp3) is 0.444. The third kappa shape index (κ3) is 4.30. The lowest BCUT2D eigenvalue weighted by Gasteiger charge is -2.37. The van der Waals surface area contributed by atoms with Gasteiger partial charge in [-0.1, -0.05) is 12.1 Å². The highest BCUT2D eigenvalue weighted by Gasteiger charge is 2.34. The van der Waals surface area contributed by atoms with Gasteiger partial charge in [0.2, 0.25) is 11.8 Å². The van der Waals surface area contributed by atoms with E-state index < -0.39 is 11.9 Å². The maximum Gasteiger partial charge on any atom is 0.240 e.